The first-order valence-corrected chi connectivity index (χ1v) is 5.50. The highest BCUT2D eigenvalue weighted by Crippen LogP contribution is 2.10. The predicted molar refractivity (Wildman–Crippen MR) is 61.2 cm³/mol. The number of nitrogens with one attached hydrogen (secondary N) is 1. The molecule has 0 spiro atoms. The van der Waals surface area contributed by atoms with Gasteiger partial charge in [-0.2, -0.15) is 0 Å². The lowest BCUT2D eigenvalue weighted by atomic mass is 10.0. The highest BCUT2D eigenvalue weighted by atomic mass is 16.3. The Bertz CT molecular complexity index is 344. The number of amides is 1. The van der Waals surface area contributed by atoms with Crippen molar-refractivity contribution < 1.29 is 14.3 Å². The summed E-state index contributed by atoms with van der Waals surface area (Å²) < 4.78 is 5.06. The topological polar surface area (TPSA) is 62.5 Å². The second-order valence-electron chi connectivity index (χ2n) is 4.37. The van der Waals surface area contributed by atoms with E-state index in [-0.39, 0.29) is 18.6 Å². The molecule has 0 aromatic carbocycles. The van der Waals surface area contributed by atoms with Crippen molar-refractivity contribution in [2.45, 2.75) is 33.2 Å². The molecule has 0 saturated heterocycles. The number of carbonyl (C=O) groups is 1. The van der Waals surface area contributed by atoms with Crippen molar-refractivity contribution in [1.82, 2.24) is 5.32 Å². The molecule has 1 atom stereocenters. The number of carbonyl (C=O) groups excluding carboxylic acids is 1. The molecule has 1 unspecified atom stereocenters. The van der Waals surface area contributed by atoms with Crippen LogP contribution in [-0.2, 0) is 0 Å². The van der Waals surface area contributed by atoms with Crippen LogP contribution in [0.3, 0.4) is 0 Å². The van der Waals surface area contributed by atoms with E-state index in [9.17, 15) is 4.79 Å². The molecule has 0 bridgehead atoms. The molecule has 1 heterocycles. The molecule has 0 aliphatic heterocycles. The fourth-order valence-electron chi connectivity index (χ4n) is 1.63. The van der Waals surface area contributed by atoms with Crippen molar-refractivity contribution in [3.8, 4) is 0 Å². The van der Waals surface area contributed by atoms with Gasteiger partial charge >= 0.3 is 0 Å². The van der Waals surface area contributed by atoms with E-state index < -0.39 is 0 Å². The first-order valence-electron chi connectivity index (χ1n) is 5.50. The average molecular weight is 225 g/mol. The summed E-state index contributed by atoms with van der Waals surface area (Å²) in [6.07, 6.45) is 2.25. The molecule has 1 aromatic heterocycles. The zero-order valence-electron chi connectivity index (χ0n) is 9.99. The Morgan fingerprint density at radius 1 is 1.56 bits per heavy atom. The standard InChI is InChI=1S/C12H19NO3/c1-8(2)6-10(7-14)13-12(15)11-4-5-16-9(11)3/h4-5,8,10,14H,6-7H2,1-3H3,(H,13,15). The van der Waals surface area contributed by atoms with Crippen LogP contribution in [0, 0.1) is 12.8 Å². The van der Waals surface area contributed by atoms with Crippen LogP contribution in [0.5, 0.6) is 0 Å². The minimum atomic E-state index is -0.193. The molecule has 4 nitrogen and oxygen atoms in total. The molecule has 1 amide bonds. The van der Waals surface area contributed by atoms with Gasteiger partial charge in [0.05, 0.1) is 24.5 Å². The van der Waals surface area contributed by atoms with Gasteiger partial charge in [-0.05, 0) is 25.3 Å². The first-order chi connectivity index (χ1) is 7.54. The van der Waals surface area contributed by atoms with E-state index in [0.29, 0.717) is 17.2 Å². The minimum absolute atomic E-state index is 0.0409. The number of furan rings is 1. The molecule has 0 fully saturated rings. The number of hydrogen-bond acceptors (Lipinski definition) is 3. The van der Waals surface area contributed by atoms with Gasteiger partial charge in [0.1, 0.15) is 5.76 Å². The van der Waals surface area contributed by atoms with Gasteiger partial charge in [0.25, 0.3) is 5.91 Å². The number of rotatable bonds is 5. The van der Waals surface area contributed by atoms with Crippen LogP contribution in [0.4, 0.5) is 0 Å². The zero-order chi connectivity index (χ0) is 12.1. The van der Waals surface area contributed by atoms with Crippen molar-refractivity contribution in [3.63, 3.8) is 0 Å². The fourth-order valence-corrected chi connectivity index (χ4v) is 1.63. The Kier molecular flexibility index (Phi) is 4.55. The van der Waals surface area contributed by atoms with Crippen LogP contribution >= 0.6 is 0 Å². The third kappa shape index (κ3) is 3.38. The van der Waals surface area contributed by atoms with E-state index in [1.165, 1.54) is 6.26 Å². The Morgan fingerprint density at radius 2 is 2.25 bits per heavy atom. The molecular formula is C12H19NO3. The summed E-state index contributed by atoms with van der Waals surface area (Å²) in [6.45, 7) is 5.81. The van der Waals surface area contributed by atoms with Gasteiger partial charge in [0.2, 0.25) is 0 Å². The van der Waals surface area contributed by atoms with Crippen molar-refractivity contribution in [3.05, 3.63) is 23.7 Å². The number of aryl methyl sites for hydroxylation is 1. The van der Waals surface area contributed by atoms with E-state index in [4.69, 9.17) is 9.52 Å². The fraction of sp³-hybridized carbons (Fsp3) is 0.583. The van der Waals surface area contributed by atoms with Crippen molar-refractivity contribution >= 4 is 5.91 Å². The lowest BCUT2D eigenvalue weighted by Crippen LogP contribution is -2.38. The maximum atomic E-state index is 11.8. The molecular weight excluding hydrogens is 206 g/mol. The van der Waals surface area contributed by atoms with Gasteiger partial charge in [0.15, 0.2) is 0 Å². The van der Waals surface area contributed by atoms with Crippen LogP contribution in [-0.4, -0.2) is 23.7 Å². The van der Waals surface area contributed by atoms with Crippen LogP contribution in [0.2, 0.25) is 0 Å². The van der Waals surface area contributed by atoms with E-state index in [0.717, 1.165) is 6.42 Å². The summed E-state index contributed by atoms with van der Waals surface area (Å²) in [5, 5.41) is 11.9. The van der Waals surface area contributed by atoms with Crippen LogP contribution in [0.25, 0.3) is 0 Å². The van der Waals surface area contributed by atoms with Gasteiger partial charge in [-0.3, -0.25) is 4.79 Å². The van der Waals surface area contributed by atoms with Crippen LogP contribution < -0.4 is 5.32 Å². The molecule has 0 radical (unpaired) electrons. The van der Waals surface area contributed by atoms with E-state index in [1.807, 2.05) is 0 Å². The van der Waals surface area contributed by atoms with Crippen LogP contribution in [0.15, 0.2) is 16.7 Å². The molecule has 0 aliphatic carbocycles. The minimum Gasteiger partial charge on any atom is -0.469 e. The van der Waals surface area contributed by atoms with Gasteiger partial charge in [-0.15, -0.1) is 0 Å². The molecule has 1 aromatic rings. The molecule has 1 rings (SSSR count). The lowest BCUT2D eigenvalue weighted by molar-refractivity contribution is 0.0907. The summed E-state index contributed by atoms with van der Waals surface area (Å²) in [7, 11) is 0. The molecule has 16 heavy (non-hydrogen) atoms. The van der Waals surface area contributed by atoms with Gasteiger partial charge in [0, 0.05) is 0 Å². The van der Waals surface area contributed by atoms with E-state index in [1.54, 1.807) is 13.0 Å². The highest BCUT2D eigenvalue weighted by molar-refractivity contribution is 5.95. The van der Waals surface area contributed by atoms with E-state index in [2.05, 4.69) is 19.2 Å². The average Bonchev–Trinajstić information content (AvgIpc) is 2.62. The second-order valence-corrected chi connectivity index (χ2v) is 4.37. The SMILES string of the molecule is Cc1occc1C(=O)NC(CO)CC(C)C. The molecule has 0 saturated carbocycles. The van der Waals surface area contributed by atoms with Crippen molar-refractivity contribution in [2.75, 3.05) is 6.61 Å². The molecule has 0 aliphatic rings. The molecule has 4 heteroatoms. The monoisotopic (exact) mass is 225 g/mol. The Balaban J connectivity index is 2.59. The summed E-state index contributed by atoms with van der Waals surface area (Å²) in [5.41, 5.74) is 0.530. The van der Waals surface area contributed by atoms with Crippen molar-refractivity contribution in [1.29, 1.82) is 0 Å². The van der Waals surface area contributed by atoms with Gasteiger partial charge in [-0.25, -0.2) is 0 Å². The van der Waals surface area contributed by atoms with Crippen LogP contribution in [0.1, 0.15) is 36.4 Å². The lowest BCUT2D eigenvalue weighted by Gasteiger charge is -2.17. The smallest absolute Gasteiger partial charge is 0.255 e. The zero-order valence-corrected chi connectivity index (χ0v) is 9.99. The third-order valence-corrected chi connectivity index (χ3v) is 2.41. The number of aliphatic hydroxyl groups excluding tert-OH is 1. The second kappa shape index (κ2) is 5.70. The Labute approximate surface area is 95.7 Å². The normalized spacial score (nSPS) is 12.8. The third-order valence-electron chi connectivity index (χ3n) is 2.41. The van der Waals surface area contributed by atoms with Gasteiger partial charge in [-0.1, -0.05) is 13.8 Å². The highest BCUT2D eigenvalue weighted by Gasteiger charge is 2.16. The van der Waals surface area contributed by atoms with Crippen molar-refractivity contribution in [2.24, 2.45) is 5.92 Å². The van der Waals surface area contributed by atoms with Gasteiger partial charge < -0.3 is 14.8 Å². The summed E-state index contributed by atoms with van der Waals surface area (Å²) in [4.78, 5) is 11.8. The predicted octanol–water partition coefficient (Wildman–Crippen LogP) is 1.72. The largest absolute Gasteiger partial charge is 0.469 e. The Morgan fingerprint density at radius 3 is 2.69 bits per heavy atom. The maximum Gasteiger partial charge on any atom is 0.255 e. The molecule has 90 valence electrons. The number of hydrogen-bond donors (Lipinski definition) is 2. The first kappa shape index (κ1) is 12.8. The summed E-state index contributed by atoms with van der Waals surface area (Å²) >= 11 is 0. The summed E-state index contributed by atoms with van der Waals surface area (Å²) in [6, 6.07) is 1.44. The number of aliphatic hydroxyl groups is 1. The van der Waals surface area contributed by atoms with E-state index >= 15 is 0 Å². The maximum absolute atomic E-state index is 11.8. The summed E-state index contributed by atoms with van der Waals surface area (Å²) in [5.74, 6) is 0.840. The molecule has 2 N–H and O–H groups in total. The Hall–Kier alpha value is -1.29. The quantitative estimate of drug-likeness (QED) is 0.802.